The molecule has 0 bridgehead atoms. The Bertz CT molecular complexity index is 1290. The summed E-state index contributed by atoms with van der Waals surface area (Å²) >= 11 is 0. The fourth-order valence-electron chi connectivity index (χ4n) is 3.35. The molecule has 0 aliphatic rings. The first-order valence-corrected chi connectivity index (χ1v) is 9.82. The van der Waals surface area contributed by atoms with Crippen LogP contribution in [0.3, 0.4) is 0 Å². The molecule has 0 spiro atoms. The lowest BCUT2D eigenvalue weighted by atomic mass is 10.0. The van der Waals surface area contributed by atoms with Gasteiger partial charge < -0.3 is 18.6 Å². The fraction of sp³-hybridized carbons (Fsp3) is 0.125. The highest BCUT2D eigenvalue weighted by molar-refractivity contribution is 5.80. The first-order valence-electron chi connectivity index (χ1n) is 9.82. The zero-order valence-electron chi connectivity index (χ0n) is 17.8. The van der Waals surface area contributed by atoms with Crippen LogP contribution in [0.5, 0.6) is 17.2 Å². The third kappa shape index (κ3) is 4.47. The van der Waals surface area contributed by atoms with Crippen LogP contribution in [-0.4, -0.2) is 24.1 Å². The van der Waals surface area contributed by atoms with E-state index in [1.54, 1.807) is 12.1 Å². The van der Waals surface area contributed by atoms with Gasteiger partial charge in [0, 0.05) is 17.2 Å². The topological polar surface area (TPSA) is 96.9 Å². The van der Waals surface area contributed by atoms with E-state index in [4.69, 9.17) is 18.6 Å². The molecule has 0 aliphatic heterocycles. The largest absolute Gasteiger partial charge is 0.494 e. The van der Waals surface area contributed by atoms with Gasteiger partial charge in [0.25, 0.3) is 0 Å². The zero-order chi connectivity index (χ0) is 23.4. The Hall–Kier alpha value is -4.40. The smallest absolute Gasteiger partial charge is 0.315 e. The first kappa shape index (κ1) is 21.8. The van der Waals surface area contributed by atoms with Gasteiger partial charge in [-0.3, -0.25) is 10.1 Å². The molecule has 4 rings (SSSR count). The molecule has 1 heterocycles. The number of halogens is 1. The second-order valence-electron chi connectivity index (χ2n) is 6.94. The highest BCUT2D eigenvalue weighted by atomic mass is 19.1. The molecule has 0 aliphatic carbocycles. The average molecular weight is 450 g/mol. The summed E-state index contributed by atoms with van der Waals surface area (Å²) in [7, 11) is 2.75. The number of nitrogens with zero attached hydrogens (tertiary/aromatic N) is 2. The summed E-state index contributed by atoms with van der Waals surface area (Å²) in [5.41, 5.74) is 1.60. The predicted molar refractivity (Wildman–Crippen MR) is 118 cm³/mol. The Labute approximate surface area is 188 Å². The van der Waals surface area contributed by atoms with E-state index in [0.717, 1.165) is 5.56 Å². The molecule has 8 nitrogen and oxygen atoms in total. The van der Waals surface area contributed by atoms with E-state index < -0.39 is 10.7 Å². The van der Waals surface area contributed by atoms with Gasteiger partial charge in [-0.15, -0.1) is 0 Å². The molecule has 4 aromatic rings. The molecular formula is C24H19FN2O6. The van der Waals surface area contributed by atoms with E-state index in [9.17, 15) is 14.5 Å². The van der Waals surface area contributed by atoms with Gasteiger partial charge in [-0.25, -0.2) is 9.37 Å². The second-order valence-corrected chi connectivity index (χ2v) is 6.94. The van der Waals surface area contributed by atoms with Gasteiger partial charge in [0.05, 0.1) is 19.1 Å². The van der Waals surface area contributed by atoms with E-state index in [1.165, 1.54) is 38.8 Å². The van der Waals surface area contributed by atoms with Crippen molar-refractivity contribution in [1.82, 2.24) is 4.98 Å². The Balaban J connectivity index is 1.76. The third-order valence-corrected chi connectivity index (χ3v) is 4.93. The molecule has 0 atom stereocenters. The number of nitro groups is 1. The van der Waals surface area contributed by atoms with Gasteiger partial charge in [-0.05, 0) is 29.8 Å². The normalized spacial score (nSPS) is 10.6. The highest BCUT2D eigenvalue weighted by Gasteiger charge is 2.26. The summed E-state index contributed by atoms with van der Waals surface area (Å²) in [5, 5.41) is 11.9. The summed E-state index contributed by atoms with van der Waals surface area (Å²) in [6.45, 7) is 0.121. The number of rotatable bonds is 8. The van der Waals surface area contributed by atoms with Crippen LogP contribution in [0, 0.1) is 15.9 Å². The minimum Gasteiger partial charge on any atom is -0.494 e. The molecule has 9 heteroatoms. The molecule has 168 valence electrons. The van der Waals surface area contributed by atoms with Crippen molar-refractivity contribution in [3.63, 3.8) is 0 Å². The molecule has 0 fully saturated rings. The molecule has 3 aromatic carbocycles. The molecule has 33 heavy (non-hydrogen) atoms. The standard InChI is InChI=1S/C24H19FN2O6/c1-30-20-9-8-16(10-18(20)25)22-23(33-14-26-22)17-11-19(27(28)29)24(21(12-17)31-2)32-13-15-6-4-3-5-7-15/h3-12,14H,13H2,1-2H3. The maximum Gasteiger partial charge on any atom is 0.315 e. The number of benzene rings is 3. The number of methoxy groups -OCH3 is 2. The van der Waals surface area contributed by atoms with Crippen molar-refractivity contribution < 1.29 is 27.9 Å². The molecular weight excluding hydrogens is 431 g/mol. The Morgan fingerprint density at radius 3 is 2.42 bits per heavy atom. The van der Waals surface area contributed by atoms with Crippen molar-refractivity contribution in [3.8, 4) is 39.8 Å². The van der Waals surface area contributed by atoms with Crippen molar-refractivity contribution in [2.24, 2.45) is 0 Å². The molecule has 0 saturated carbocycles. The van der Waals surface area contributed by atoms with Gasteiger partial charge in [-0.2, -0.15) is 0 Å². The van der Waals surface area contributed by atoms with Gasteiger partial charge in [0.1, 0.15) is 12.3 Å². The molecule has 0 saturated heterocycles. The minimum absolute atomic E-state index is 0.00772. The lowest BCUT2D eigenvalue weighted by molar-refractivity contribution is -0.386. The van der Waals surface area contributed by atoms with Crippen molar-refractivity contribution in [2.75, 3.05) is 14.2 Å². The van der Waals surface area contributed by atoms with E-state index in [1.807, 2.05) is 30.3 Å². The van der Waals surface area contributed by atoms with E-state index in [2.05, 4.69) is 4.98 Å². The van der Waals surface area contributed by atoms with Crippen LogP contribution in [0.25, 0.3) is 22.6 Å². The van der Waals surface area contributed by atoms with Crippen LogP contribution >= 0.6 is 0 Å². The van der Waals surface area contributed by atoms with Crippen LogP contribution in [0.2, 0.25) is 0 Å². The van der Waals surface area contributed by atoms with Crippen molar-refractivity contribution in [1.29, 1.82) is 0 Å². The second kappa shape index (κ2) is 9.39. The summed E-state index contributed by atoms with van der Waals surface area (Å²) in [4.78, 5) is 15.5. The Kier molecular flexibility index (Phi) is 6.21. The average Bonchev–Trinajstić information content (AvgIpc) is 3.32. The van der Waals surface area contributed by atoms with E-state index >= 15 is 0 Å². The number of nitro benzene ring substituents is 1. The minimum atomic E-state index is -0.572. The summed E-state index contributed by atoms with van der Waals surface area (Å²) < 4.78 is 35.9. The maximum absolute atomic E-state index is 14.2. The van der Waals surface area contributed by atoms with Crippen LogP contribution in [0.15, 0.2) is 71.5 Å². The number of aromatic nitrogens is 1. The first-order chi connectivity index (χ1) is 16.0. The van der Waals surface area contributed by atoms with Crippen molar-refractivity contribution in [2.45, 2.75) is 6.61 Å². The van der Waals surface area contributed by atoms with Crippen LogP contribution in [0.4, 0.5) is 10.1 Å². The quantitative estimate of drug-likeness (QED) is 0.253. The summed E-state index contributed by atoms with van der Waals surface area (Å²) in [5.74, 6) is -0.126. The maximum atomic E-state index is 14.2. The van der Waals surface area contributed by atoms with Gasteiger partial charge in [0.2, 0.25) is 5.75 Å². The number of ether oxygens (including phenoxy) is 3. The Morgan fingerprint density at radius 2 is 1.76 bits per heavy atom. The SMILES string of the molecule is COc1ccc(-c2ncoc2-c2cc(OC)c(OCc3ccccc3)c([N+](=O)[O-])c2)cc1F. The zero-order valence-corrected chi connectivity index (χ0v) is 17.8. The summed E-state index contributed by atoms with van der Waals surface area (Å²) in [6.07, 6.45) is 1.19. The van der Waals surface area contributed by atoms with Crippen LogP contribution in [0.1, 0.15) is 5.56 Å². The Morgan fingerprint density at radius 1 is 1.00 bits per heavy atom. The molecule has 0 radical (unpaired) electrons. The lowest BCUT2D eigenvalue weighted by Gasteiger charge is -2.13. The van der Waals surface area contributed by atoms with E-state index in [-0.39, 0.29) is 35.3 Å². The third-order valence-electron chi connectivity index (χ3n) is 4.93. The van der Waals surface area contributed by atoms with Crippen LogP contribution < -0.4 is 14.2 Å². The molecule has 0 N–H and O–H groups in total. The molecule has 0 unspecified atom stereocenters. The van der Waals surface area contributed by atoms with Gasteiger partial charge in [-0.1, -0.05) is 30.3 Å². The molecule has 1 aromatic heterocycles. The van der Waals surface area contributed by atoms with Gasteiger partial charge >= 0.3 is 5.69 Å². The molecule has 0 amide bonds. The number of hydrogen-bond acceptors (Lipinski definition) is 7. The number of oxazole rings is 1. The van der Waals surface area contributed by atoms with Crippen LogP contribution in [-0.2, 0) is 6.61 Å². The number of hydrogen-bond donors (Lipinski definition) is 0. The monoisotopic (exact) mass is 450 g/mol. The summed E-state index contributed by atoms with van der Waals surface area (Å²) in [6, 6.07) is 16.5. The highest BCUT2D eigenvalue weighted by Crippen LogP contribution is 2.43. The lowest BCUT2D eigenvalue weighted by Crippen LogP contribution is -2.02. The van der Waals surface area contributed by atoms with Gasteiger partial charge in [0.15, 0.2) is 29.5 Å². The van der Waals surface area contributed by atoms with Crippen molar-refractivity contribution >= 4 is 5.69 Å². The predicted octanol–water partition coefficient (Wildman–Crippen LogP) is 5.65. The van der Waals surface area contributed by atoms with E-state index in [0.29, 0.717) is 16.8 Å². The van der Waals surface area contributed by atoms with Crippen molar-refractivity contribution in [3.05, 3.63) is 88.6 Å². The fourth-order valence-corrected chi connectivity index (χ4v) is 3.35.